The minimum atomic E-state index is -3.16. The van der Waals surface area contributed by atoms with Crippen molar-refractivity contribution in [3.8, 4) is 5.88 Å². The number of aliphatic imine (C=N–C) groups is 1. The maximum atomic E-state index is 11.0. The van der Waals surface area contributed by atoms with Gasteiger partial charge in [0.1, 0.15) is 6.10 Å². The van der Waals surface area contributed by atoms with Gasteiger partial charge in [-0.05, 0) is 6.07 Å². The van der Waals surface area contributed by atoms with Crippen LogP contribution in [0.3, 0.4) is 0 Å². The van der Waals surface area contributed by atoms with Gasteiger partial charge in [0.15, 0.2) is 5.96 Å². The number of hydrogen-bond acceptors (Lipinski definition) is 5. The summed E-state index contributed by atoms with van der Waals surface area (Å²) >= 11 is 0. The molecule has 1 aliphatic heterocycles. The van der Waals surface area contributed by atoms with Crippen LogP contribution in [0.5, 0.6) is 5.88 Å². The standard InChI is InChI=1S/C14H23N5O3S.HI/c1-15-14(17-8-9-18-23(2,20)21)19-10-6-12(11-19)22-13-5-3-4-7-16-13;/h3-5,7,12,18H,6,8-11H2,1-2H3,(H,15,17);1H. The summed E-state index contributed by atoms with van der Waals surface area (Å²) in [5.74, 6) is 1.37. The number of sulfonamides is 1. The maximum absolute atomic E-state index is 11.0. The molecule has 0 radical (unpaired) electrons. The molecule has 1 unspecified atom stereocenters. The Kier molecular flexibility index (Phi) is 8.70. The predicted molar refractivity (Wildman–Crippen MR) is 104 cm³/mol. The predicted octanol–water partition coefficient (Wildman–Crippen LogP) is 0.277. The van der Waals surface area contributed by atoms with E-state index in [9.17, 15) is 8.42 Å². The van der Waals surface area contributed by atoms with Crippen molar-refractivity contribution in [1.82, 2.24) is 19.9 Å². The molecule has 0 saturated carbocycles. The Morgan fingerprint density at radius 1 is 1.46 bits per heavy atom. The molecule has 10 heteroatoms. The summed E-state index contributed by atoms with van der Waals surface area (Å²) in [6.45, 7) is 2.34. The fourth-order valence-electron chi connectivity index (χ4n) is 2.35. The van der Waals surface area contributed by atoms with Gasteiger partial charge in [-0.2, -0.15) is 0 Å². The highest BCUT2D eigenvalue weighted by Gasteiger charge is 2.26. The second-order valence-electron chi connectivity index (χ2n) is 5.28. The number of likely N-dealkylation sites (tertiary alicyclic amines) is 1. The average molecular weight is 469 g/mol. The highest BCUT2D eigenvalue weighted by molar-refractivity contribution is 14.0. The second kappa shape index (κ2) is 9.99. The van der Waals surface area contributed by atoms with Crippen molar-refractivity contribution in [3.63, 3.8) is 0 Å². The molecule has 0 aliphatic carbocycles. The van der Waals surface area contributed by atoms with Gasteiger partial charge in [-0.3, -0.25) is 4.99 Å². The fraction of sp³-hybridized carbons (Fsp3) is 0.571. The zero-order valence-corrected chi connectivity index (χ0v) is 17.0. The molecule has 0 aromatic carbocycles. The molecule has 24 heavy (non-hydrogen) atoms. The summed E-state index contributed by atoms with van der Waals surface area (Å²) in [7, 11) is -1.45. The molecule has 1 fully saturated rings. The van der Waals surface area contributed by atoms with Crippen molar-refractivity contribution in [3.05, 3.63) is 24.4 Å². The zero-order valence-electron chi connectivity index (χ0n) is 13.8. The van der Waals surface area contributed by atoms with Crippen LogP contribution in [0, 0.1) is 0 Å². The van der Waals surface area contributed by atoms with E-state index < -0.39 is 10.0 Å². The van der Waals surface area contributed by atoms with Gasteiger partial charge in [0.25, 0.3) is 0 Å². The molecule has 1 saturated heterocycles. The summed E-state index contributed by atoms with van der Waals surface area (Å²) < 4.78 is 30.3. The first-order valence-electron chi connectivity index (χ1n) is 7.46. The van der Waals surface area contributed by atoms with E-state index in [1.807, 2.05) is 18.2 Å². The first kappa shape index (κ1) is 20.9. The van der Waals surface area contributed by atoms with Gasteiger partial charge >= 0.3 is 0 Å². The third kappa shape index (κ3) is 7.18. The lowest BCUT2D eigenvalue weighted by Crippen LogP contribution is -2.43. The Balaban J connectivity index is 0.00000288. The van der Waals surface area contributed by atoms with Gasteiger partial charge in [-0.25, -0.2) is 18.1 Å². The van der Waals surface area contributed by atoms with Crippen molar-refractivity contribution < 1.29 is 13.2 Å². The Morgan fingerprint density at radius 3 is 2.88 bits per heavy atom. The molecule has 1 aromatic rings. The highest BCUT2D eigenvalue weighted by atomic mass is 127. The van der Waals surface area contributed by atoms with Crippen LogP contribution in [-0.4, -0.2) is 69.8 Å². The zero-order chi connectivity index (χ0) is 16.7. The maximum Gasteiger partial charge on any atom is 0.213 e. The summed E-state index contributed by atoms with van der Waals surface area (Å²) in [6, 6.07) is 5.58. The lowest BCUT2D eigenvalue weighted by molar-refractivity contribution is 0.205. The number of aromatic nitrogens is 1. The molecule has 0 bridgehead atoms. The van der Waals surface area contributed by atoms with Crippen LogP contribution >= 0.6 is 24.0 Å². The Morgan fingerprint density at radius 2 is 2.25 bits per heavy atom. The summed E-state index contributed by atoms with van der Waals surface area (Å²) in [5, 5.41) is 3.15. The fourth-order valence-corrected chi connectivity index (χ4v) is 2.82. The summed E-state index contributed by atoms with van der Waals surface area (Å²) in [4.78, 5) is 10.5. The molecule has 0 amide bonds. The van der Waals surface area contributed by atoms with E-state index in [1.165, 1.54) is 0 Å². The molecule has 1 atom stereocenters. The molecule has 2 N–H and O–H groups in total. The van der Waals surface area contributed by atoms with Gasteiger partial charge in [0.05, 0.1) is 12.8 Å². The Bertz CT molecular complexity index is 627. The second-order valence-corrected chi connectivity index (χ2v) is 7.12. The first-order chi connectivity index (χ1) is 11.0. The van der Waals surface area contributed by atoms with Crippen LogP contribution in [0.2, 0.25) is 0 Å². The number of nitrogens with zero attached hydrogens (tertiary/aromatic N) is 3. The molecule has 0 spiro atoms. The number of ether oxygens (including phenoxy) is 1. The van der Waals surface area contributed by atoms with Crippen LogP contribution in [0.15, 0.2) is 29.4 Å². The van der Waals surface area contributed by atoms with E-state index in [0.29, 0.717) is 19.0 Å². The van der Waals surface area contributed by atoms with Crippen LogP contribution in [0.1, 0.15) is 6.42 Å². The first-order valence-corrected chi connectivity index (χ1v) is 9.35. The minimum absolute atomic E-state index is 0. The number of rotatable bonds is 6. The third-order valence-electron chi connectivity index (χ3n) is 3.35. The number of nitrogens with one attached hydrogen (secondary N) is 2. The monoisotopic (exact) mass is 469 g/mol. The van der Waals surface area contributed by atoms with E-state index in [0.717, 1.165) is 31.7 Å². The molecule has 2 heterocycles. The topological polar surface area (TPSA) is 95.9 Å². The van der Waals surface area contributed by atoms with Crippen molar-refractivity contribution in [2.24, 2.45) is 4.99 Å². The Hall–Kier alpha value is -1.14. The molecular weight excluding hydrogens is 445 g/mol. The molecule has 1 aromatic heterocycles. The van der Waals surface area contributed by atoms with Crippen LogP contribution in [-0.2, 0) is 10.0 Å². The van der Waals surface area contributed by atoms with E-state index in [2.05, 4.69) is 24.9 Å². The van der Waals surface area contributed by atoms with Crippen molar-refractivity contribution in [2.45, 2.75) is 12.5 Å². The van der Waals surface area contributed by atoms with E-state index >= 15 is 0 Å². The van der Waals surface area contributed by atoms with E-state index in [4.69, 9.17) is 4.74 Å². The SMILES string of the molecule is CN=C(NCCNS(C)(=O)=O)N1CCC(Oc2ccccn2)C1.I. The van der Waals surface area contributed by atoms with Gasteiger partial charge < -0.3 is 15.0 Å². The van der Waals surface area contributed by atoms with Crippen molar-refractivity contribution in [2.75, 3.05) is 39.5 Å². The molecule has 2 rings (SSSR count). The molecule has 8 nitrogen and oxygen atoms in total. The number of pyridine rings is 1. The minimum Gasteiger partial charge on any atom is -0.472 e. The molecular formula is C14H24IN5O3S. The third-order valence-corrected chi connectivity index (χ3v) is 4.08. The average Bonchev–Trinajstić information content (AvgIpc) is 2.95. The Labute approximate surface area is 160 Å². The van der Waals surface area contributed by atoms with Crippen molar-refractivity contribution in [1.29, 1.82) is 0 Å². The van der Waals surface area contributed by atoms with Gasteiger partial charge in [0.2, 0.25) is 15.9 Å². The van der Waals surface area contributed by atoms with E-state index in [1.54, 1.807) is 13.2 Å². The van der Waals surface area contributed by atoms with Gasteiger partial charge in [-0.1, -0.05) is 6.07 Å². The number of hydrogen-bond donors (Lipinski definition) is 2. The lowest BCUT2D eigenvalue weighted by atomic mass is 10.3. The van der Waals surface area contributed by atoms with Gasteiger partial charge in [-0.15, -0.1) is 24.0 Å². The summed E-state index contributed by atoms with van der Waals surface area (Å²) in [6.07, 6.45) is 3.80. The van der Waals surface area contributed by atoms with E-state index in [-0.39, 0.29) is 30.1 Å². The smallest absolute Gasteiger partial charge is 0.213 e. The van der Waals surface area contributed by atoms with Crippen LogP contribution < -0.4 is 14.8 Å². The quantitative estimate of drug-likeness (QED) is 0.269. The normalized spacial score (nSPS) is 18.2. The number of guanidine groups is 1. The molecule has 136 valence electrons. The van der Waals surface area contributed by atoms with Crippen molar-refractivity contribution >= 4 is 40.0 Å². The lowest BCUT2D eigenvalue weighted by Gasteiger charge is -2.21. The highest BCUT2D eigenvalue weighted by Crippen LogP contribution is 2.16. The van der Waals surface area contributed by atoms with Crippen LogP contribution in [0.25, 0.3) is 0 Å². The van der Waals surface area contributed by atoms with Gasteiger partial charge in [0, 0.05) is 45.4 Å². The molecule has 1 aliphatic rings. The summed E-state index contributed by atoms with van der Waals surface area (Å²) in [5.41, 5.74) is 0. The number of halogens is 1. The van der Waals surface area contributed by atoms with Crippen LogP contribution in [0.4, 0.5) is 0 Å². The largest absolute Gasteiger partial charge is 0.472 e.